The maximum atomic E-state index is 13.6. The van der Waals surface area contributed by atoms with Crippen LogP contribution in [-0.2, 0) is 16.1 Å². The molecule has 2 aliphatic carbocycles. The number of carbonyl (C=O) groups is 1. The van der Waals surface area contributed by atoms with Crippen molar-refractivity contribution in [3.05, 3.63) is 35.6 Å². The number of likely N-dealkylation sites (N-methyl/N-ethyl adjacent to an activating group) is 1. The second-order valence-corrected chi connectivity index (χ2v) is 7.95. The van der Waals surface area contributed by atoms with Crippen LogP contribution in [0.5, 0.6) is 0 Å². The van der Waals surface area contributed by atoms with Gasteiger partial charge in [-0.1, -0.05) is 18.2 Å². The Morgan fingerprint density at radius 3 is 2.54 bits per heavy atom. The van der Waals surface area contributed by atoms with Crippen molar-refractivity contribution in [2.24, 2.45) is 17.6 Å². The molecule has 1 aromatic rings. The summed E-state index contributed by atoms with van der Waals surface area (Å²) in [6.07, 6.45) is 7.43. The number of benzene rings is 1. The minimum Gasteiger partial charge on any atom is -0.376 e. The highest BCUT2D eigenvalue weighted by molar-refractivity contribution is 5.82. The first-order chi connectivity index (χ1) is 12.6. The van der Waals surface area contributed by atoms with Gasteiger partial charge in [0, 0.05) is 25.3 Å². The summed E-state index contributed by atoms with van der Waals surface area (Å²) in [4.78, 5) is 14.4. The largest absolute Gasteiger partial charge is 0.376 e. The highest BCUT2D eigenvalue weighted by Gasteiger charge is 2.34. The van der Waals surface area contributed by atoms with Gasteiger partial charge in [-0.05, 0) is 62.8 Å². The summed E-state index contributed by atoms with van der Waals surface area (Å²) in [6.45, 7) is 0.961. The number of ether oxygens (including phenoxy) is 1. The highest BCUT2D eigenvalue weighted by atomic mass is 19.1. The minimum absolute atomic E-state index is 0.106. The van der Waals surface area contributed by atoms with E-state index in [4.69, 9.17) is 10.5 Å². The molecule has 2 fully saturated rings. The van der Waals surface area contributed by atoms with Crippen molar-refractivity contribution in [1.82, 2.24) is 4.90 Å². The molecule has 144 valence electrons. The third kappa shape index (κ3) is 4.63. The van der Waals surface area contributed by atoms with E-state index in [1.165, 1.54) is 12.5 Å². The molecule has 0 aromatic heterocycles. The van der Waals surface area contributed by atoms with Gasteiger partial charge in [0.25, 0.3) is 0 Å². The number of carbonyl (C=O) groups excluding carboxylic acids is 1. The monoisotopic (exact) mass is 362 g/mol. The summed E-state index contributed by atoms with van der Waals surface area (Å²) in [5.41, 5.74) is 6.89. The van der Waals surface area contributed by atoms with E-state index in [-0.39, 0.29) is 23.7 Å². The van der Waals surface area contributed by atoms with Crippen molar-refractivity contribution < 1.29 is 13.9 Å². The standard InChI is InChI=1S/C21H31FN2O2/c1-24(18-6-4-7-18)21(25)20(23)16-11-9-15(10-12-16)13-26-14-17-5-2-3-8-19(17)22/h2-3,5,8,15-16,18,20H,4,6-7,9-14,23H2,1H3/t15?,16?,20-/m0/s1. The molecule has 26 heavy (non-hydrogen) atoms. The molecule has 1 aromatic carbocycles. The second kappa shape index (κ2) is 8.96. The molecule has 0 bridgehead atoms. The Labute approximate surface area is 155 Å². The summed E-state index contributed by atoms with van der Waals surface area (Å²) in [7, 11) is 1.90. The number of rotatable bonds is 7. The lowest BCUT2D eigenvalue weighted by molar-refractivity contribution is -0.136. The van der Waals surface area contributed by atoms with E-state index in [9.17, 15) is 9.18 Å². The maximum Gasteiger partial charge on any atom is 0.239 e. The van der Waals surface area contributed by atoms with Gasteiger partial charge in [0.2, 0.25) is 5.91 Å². The van der Waals surface area contributed by atoms with Gasteiger partial charge in [-0.2, -0.15) is 0 Å². The molecular weight excluding hydrogens is 331 g/mol. The number of nitrogens with two attached hydrogens (primary N) is 1. The molecule has 4 nitrogen and oxygen atoms in total. The molecule has 3 rings (SSSR count). The molecular formula is C21H31FN2O2. The number of nitrogens with zero attached hydrogens (tertiary/aromatic N) is 1. The molecule has 2 aliphatic rings. The van der Waals surface area contributed by atoms with Gasteiger partial charge in [0.1, 0.15) is 5.82 Å². The van der Waals surface area contributed by atoms with E-state index in [2.05, 4.69) is 0 Å². The van der Waals surface area contributed by atoms with E-state index in [1.54, 1.807) is 12.1 Å². The Hall–Kier alpha value is -1.46. The van der Waals surface area contributed by atoms with Crippen LogP contribution in [0.25, 0.3) is 0 Å². The molecule has 0 unspecified atom stereocenters. The number of amides is 1. The quantitative estimate of drug-likeness (QED) is 0.808. The van der Waals surface area contributed by atoms with Crippen LogP contribution in [0.15, 0.2) is 24.3 Å². The van der Waals surface area contributed by atoms with Gasteiger partial charge >= 0.3 is 0 Å². The fourth-order valence-corrected chi connectivity index (χ4v) is 4.06. The lowest BCUT2D eigenvalue weighted by atomic mass is 9.78. The fourth-order valence-electron chi connectivity index (χ4n) is 4.06. The van der Waals surface area contributed by atoms with Crippen LogP contribution in [0.4, 0.5) is 4.39 Å². The van der Waals surface area contributed by atoms with Crippen molar-refractivity contribution in [2.75, 3.05) is 13.7 Å². The molecule has 0 radical (unpaired) electrons. The summed E-state index contributed by atoms with van der Waals surface area (Å²) in [6, 6.07) is 6.76. The smallest absolute Gasteiger partial charge is 0.239 e. The minimum atomic E-state index is -0.374. The van der Waals surface area contributed by atoms with Gasteiger partial charge in [-0.15, -0.1) is 0 Å². The summed E-state index contributed by atoms with van der Waals surface area (Å²) >= 11 is 0. The zero-order valence-electron chi connectivity index (χ0n) is 15.7. The van der Waals surface area contributed by atoms with E-state index in [0.29, 0.717) is 30.7 Å². The molecule has 1 atom stereocenters. The molecule has 0 heterocycles. The Morgan fingerprint density at radius 1 is 1.23 bits per heavy atom. The molecule has 0 spiro atoms. The summed E-state index contributed by atoms with van der Waals surface area (Å²) in [5, 5.41) is 0. The normalized spacial score (nSPS) is 24.7. The predicted octanol–water partition coefficient (Wildman–Crippen LogP) is 3.49. The van der Waals surface area contributed by atoms with E-state index in [1.807, 2.05) is 18.0 Å². The first kappa shape index (κ1) is 19.3. The van der Waals surface area contributed by atoms with Crippen LogP contribution in [0, 0.1) is 17.7 Å². The molecule has 2 saturated carbocycles. The van der Waals surface area contributed by atoms with Crippen LogP contribution in [0.3, 0.4) is 0 Å². The maximum absolute atomic E-state index is 13.6. The Balaban J connectivity index is 1.38. The van der Waals surface area contributed by atoms with E-state index < -0.39 is 0 Å². The number of hydrogen-bond donors (Lipinski definition) is 1. The van der Waals surface area contributed by atoms with E-state index >= 15 is 0 Å². The average molecular weight is 362 g/mol. The third-order valence-corrected chi connectivity index (χ3v) is 6.22. The Kier molecular flexibility index (Phi) is 6.65. The van der Waals surface area contributed by atoms with Gasteiger partial charge < -0.3 is 15.4 Å². The number of halogens is 1. The van der Waals surface area contributed by atoms with Crippen molar-refractivity contribution in [2.45, 2.75) is 63.6 Å². The lowest BCUT2D eigenvalue weighted by Gasteiger charge is -2.38. The zero-order valence-corrected chi connectivity index (χ0v) is 15.7. The third-order valence-electron chi connectivity index (χ3n) is 6.22. The topological polar surface area (TPSA) is 55.6 Å². The van der Waals surface area contributed by atoms with E-state index in [0.717, 1.165) is 38.5 Å². The summed E-state index contributed by atoms with van der Waals surface area (Å²) < 4.78 is 19.3. The summed E-state index contributed by atoms with van der Waals surface area (Å²) in [5.74, 6) is 0.641. The Morgan fingerprint density at radius 2 is 1.92 bits per heavy atom. The molecule has 2 N–H and O–H groups in total. The van der Waals surface area contributed by atoms with Crippen molar-refractivity contribution in [3.8, 4) is 0 Å². The second-order valence-electron chi connectivity index (χ2n) is 7.95. The predicted molar refractivity (Wildman–Crippen MR) is 99.9 cm³/mol. The first-order valence-electron chi connectivity index (χ1n) is 9.89. The van der Waals surface area contributed by atoms with Crippen molar-refractivity contribution >= 4 is 5.91 Å². The van der Waals surface area contributed by atoms with Gasteiger partial charge in [0.05, 0.1) is 12.6 Å². The van der Waals surface area contributed by atoms with Gasteiger partial charge in [-0.25, -0.2) is 4.39 Å². The van der Waals surface area contributed by atoms with Crippen LogP contribution in [0.2, 0.25) is 0 Å². The molecule has 0 saturated heterocycles. The number of hydrogen-bond acceptors (Lipinski definition) is 3. The Bertz CT molecular complexity index is 597. The van der Waals surface area contributed by atoms with Crippen molar-refractivity contribution in [1.29, 1.82) is 0 Å². The zero-order chi connectivity index (χ0) is 18.5. The fraction of sp³-hybridized carbons (Fsp3) is 0.667. The average Bonchev–Trinajstić information content (AvgIpc) is 2.61. The van der Waals surface area contributed by atoms with Crippen LogP contribution < -0.4 is 5.73 Å². The molecule has 5 heteroatoms. The van der Waals surface area contributed by atoms with Crippen LogP contribution in [0.1, 0.15) is 50.5 Å². The SMILES string of the molecule is CN(C(=O)[C@@H](N)C1CCC(COCc2ccccc2F)CC1)C1CCC1. The first-order valence-corrected chi connectivity index (χ1v) is 9.89. The molecule has 0 aliphatic heterocycles. The lowest BCUT2D eigenvalue weighted by Crippen LogP contribution is -2.52. The van der Waals surface area contributed by atoms with Gasteiger partial charge in [-0.3, -0.25) is 4.79 Å². The highest BCUT2D eigenvalue weighted by Crippen LogP contribution is 2.32. The van der Waals surface area contributed by atoms with Crippen molar-refractivity contribution in [3.63, 3.8) is 0 Å². The van der Waals surface area contributed by atoms with Crippen LogP contribution in [-0.4, -0.2) is 36.5 Å². The van der Waals surface area contributed by atoms with Crippen LogP contribution >= 0.6 is 0 Å². The molecule has 1 amide bonds. The van der Waals surface area contributed by atoms with Gasteiger partial charge in [0.15, 0.2) is 0 Å².